The summed E-state index contributed by atoms with van der Waals surface area (Å²) < 4.78 is 0. The van der Waals surface area contributed by atoms with Crippen molar-refractivity contribution in [1.82, 2.24) is 20.5 Å². The maximum Gasteiger partial charge on any atom is 0.231 e. The highest BCUT2D eigenvalue weighted by Crippen LogP contribution is 2.29. The molecule has 0 unspecified atom stereocenters. The highest BCUT2D eigenvalue weighted by Gasteiger charge is 2.35. The molecule has 0 spiro atoms. The lowest BCUT2D eigenvalue weighted by atomic mass is 10.0. The van der Waals surface area contributed by atoms with E-state index >= 15 is 0 Å². The second-order valence-electron chi connectivity index (χ2n) is 4.24. The van der Waals surface area contributed by atoms with Crippen molar-refractivity contribution in [3.05, 3.63) is 0 Å². The van der Waals surface area contributed by atoms with Gasteiger partial charge in [-0.2, -0.15) is 10.2 Å². The number of aromatic nitrogens is 3. The Morgan fingerprint density at radius 2 is 2.33 bits per heavy atom. The van der Waals surface area contributed by atoms with Gasteiger partial charge in [-0.25, -0.2) is 5.10 Å². The molecule has 4 N–H and O–H groups in total. The molecule has 96 valence electrons. The van der Waals surface area contributed by atoms with Crippen LogP contribution in [0.5, 0.6) is 0 Å². The van der Waals surface area contributed by atoms with E-state index in [1.165, 1.54) is 11.8 Å². The highest BCUT2D eigenvalue weighted by molar-refractivity contribution is 7.99. The monoisotopic (exact) mass is 266 g/mol. The summed E-state index contributed by atoms with van der Waals surface area (Å²) in [4.78, 5) is 15.6. The molecule has 0 aromatic carbocycles. The van der Waals surface area contributed by atoms with Gasteiger partial charge in [0, 0.05) is 0 Å². The van der Waals surface area contributed by atoms with Crippen molar-refractivity contribution in [1.29, 1.82) is 5.26 Å². The van der Waals surface area contributed by atoms with Crippen LogP contribution in [0.15, 0.2) is 5.16 Å². The van der Waals surface area contributed by atoms with Gasteiger partial charge in [0.15, 0.2) is 0 Å². The Bertz CT molecular complexity index is 473. The van der Waals surface area contributed by atoms with Crippen LogP contribution < -0.4 is 11.1 Å². The molecule has 8 heteroatoms. The molecule has 1 saturated carbocycles. The molecule has 0 aliphatic heterocycles. The first-order valence-electron chi connectivity index (χ1n) is 5.66. The second-order valence-corrected chi connectivity index (χ2v) is 5.18. The first kappa shape index (κ1) is 12.7. The number of hydrogen-bond donors (Lipinski definition) is 3. The minimum atomic E-state index is -0.671. The third kappa shape index (κ3) is 2.92. The summed E-state index contributed by atoms with van der Waals surface area (Å²) in [5.41, 5.74) is 4.70. The predicted octanol–water partition coefficient (Wildman–Crippen LogP) is 0.432. The van der Waals surface area contributed by atoms with Crippen molar-refractivity contribution < 1.29 is 4.79 Å². The number of H-pyrrole nitrogens is 1. The molecule has 2 rings (SSSR count). The molecule has 0 atom stereocenters. The van der Waals surface area contributed by atoms with Crippen LogP contribution in [0.25, 0.3) is 0 Å². The third-order valence-electron chi connectivity index (χ3n) is 2.86. The number of carbonyl (C=O) groups is 1. The zero-order valence-corrected chi connectivity index (χ0v) is 10.6. The van der Waals surface area contributed by atoms with Crippen LogP contribution in [0.2, 0.25) is 0 Å². The zero-order chi connectivity index (χ0) is 13.0. The van der Waals surface area contributed by atoms with Gasteiger partial charge in [-0.1, -0.05) is 11.8 Å². The predicted molar refractivity (Wildman–Crippen MR) is 66.5 cm³/mol. The largest absolute Gasteiger partial charge is 0.368 e. The zero-order valence-electron chi connectivity index (χ0n) is 9.77. The van der Waals surface area contributed by atoms with Gasteiger partial charge in [-0.05, 0) is 25.7 Å². The lowest BCUT2D eigenvalue weighted by Gasteiger charge is -2.21. The number of nitrogens with one attached hydrogen (secondary N) is 2. The summed E-state index contributed by atoms with van der Waals surface area (Å²) in [6.07, 6.45) is 3.43. The summed E-state index contributed by atoms with van der Waals surface area (Å²) in [6.45, 7) is 0. The summed E-state index contributed by atoms with van der Waals surface area (Å²) >= 11 is 1.19. The van der Waals surface area contributed by atoms with Crippen LogP contribution in [0.4, 0.5) is 5.95 Å². The Labute approximate surface area is 109 Å². The SMILES string of the molecule is N#CC1(NC(=O)CSc2n[nH]c(N)n2)CCCC1. The van der Waals surface area contributed by atoms with Gasteiger partial charge in [0.25, 0.3) is 0 Å². The number of nitrogens with two attached hydrogens (primary N) is 1. The lowest BCUT2D eigenvalue weighted by molar-refractivity contribution is -0.119. The fourth-order valence-electron chi connectivity index (χ4n) is 2.00. The van der Waals surface area contributed by atoms with Crippen molar-refractivity contribution in [2.75, 3.05) is 11.5 Å². The molecule has 1 fully saturated rings. The number of thioether (sulfide) groups is 1. The van der Waals surface area contributed by atoms with E-state index in [1.807, 2.05) is 0 Å². The molecule has 1 heterocycles. The smallest absolute Gasteiger partial charge is 0.231 e. The van der Waals surface area contributed by atoms with Gasteiger partial charge in [0.1, 0.15) is 5.54 Å². The van der Waals surface area contributed by atoms with Crippen molar-refractivity contribution in [3.8, 4) is 6.07 Å². The molecular formula is C10H14N6OS. The van der Waals surface area contributed by atoms with Crippen molar-refractivity contribution in [2.24, 2.45) is 0 Å². The van der Waals surface area contributed by atoms with Gasteiger partial charge in [-0.15, -0.1) is 5.10 Å². The topological polar surface area (TPSA) is 120 Å². The molecule has 1 aromatic heterocycles. The van der Waals surface area contributed by atoms with E-state index in [0.717, 1.165) is 25.7 Å². The Hall–Kier alpha value is -1.75. The van der Waals surface area contributed by atoms with Crippen LogP contribution in [-0.2, 0) is 4.79 Å². The first-order chi connectivity index (χ1) is 8.63. The van der Waals surface area contributed by atoms with Crippen molar-refractivity contribution in [2.45, 2.75) is 36.4 Å². The Balaban J connectivity index is 1.83. The molecule has 0 saturated heterocycles. The molecule has 1 amide bonds. The van der Waals surface area contributed by atoms with E-state index in [9.17, 15) is 4.79 Å². The summed E-state index contributed by atoms with van der Waals surface area (Å²) in [5, 5.41) is 18.7. The van der Waals surface area contributed by atoms with E-state index in [0.29, 0.717) is 5.16 Å². The molecule has 1 aliphatic carbocycles. The second kappa shape index (κ2) is 5.27. The van der Waals surface area contributed by atoms with E-state index < -0.39 is 5.54 Å². The van der Waals surface area contributed by atoms with Crippen LogP contribution in [0.3, 0.4) is 0 Å². The molecular weight excluding hydrogens is 252 g/mol. The standard InChI is InChI=1S/C10H14N6OS/c11-6-10(3-1-2-4-10)14-7(17)5-18-9-13-8(12)15-16-9/h1-5H2,(H,14,17)(H3,12,13,15,16). The number of nitrogen functional groups attached to an aromatic ring is 1. The molecule has 0 bridgehead atoms. The van der Waals surface area contributed by atoms with Crippen LogP contribution in [0.1, 0.15) is 25.7 Å². The summed E-state index contributed by atoms with van der Waals surface area (Å²) in [5.74, 6) is 0.231. The van der Waals surface area contributed by atoms with Gasteiger partial charge in [0.2, 0.25) is 17.0 Å². The highest BCUT2D eigenvalue weighted by atomic mass is 32.2. The van der Waals surface area contributed by atoms with Gasteiger partial charge < -0.3 is 11.1 Å². The van der Waals surface area contributed by atoms with Gasteiger partial charge in [-0.3, -0.25) is 4.79 Å². The number of hydrogen-bond acceptors (Lipinski definition) is 6. The van der Waals surface area contributed by atoms with E-state index in [4.69, 9.17) is 11.0 Å². The number of anilines is 1. The lowest BCUT2D eigenvalue weighted by Crippen LogP contribution is -2.45. The minimum absolute atomic E-state index is 0.174. The van der Waals surface area contributed by atoms with Crippen molar-refractivity contribution in [3.63, 3.8) is 0 Å². The summed E-state index contributed by atoms with van der Waals surface area (Å²) in [7, 11) is 0. The molecule has 1 aliphatic rings. The minimum Gasteiger partial charge on any atom is -0.368 e. The van der Waals surface area contributed by atoms with Crippen LogP contribution in [0, 0.1) is 11.3 Å². The average molecular weight is 266 g/mol. The normalized spacial score (nSPS) is 17.3. The molecule has 18 heavy (non-hydrogen) atoms. The van der Waals surface area contributed by atoms with E-state index in [1.54, 1.807) is 0 Å². The van der Waals surface area contributed by atoms with Crippen LogP contribution >= 0.6 is 11.8 Å². The van der Waals surface area contributed by atoms with E-state index in [-0.39, 0.29) is 17.6 Å². The van der Waals surface area contributed by atoms with Gasteiger partial charge in [0.05, 0.1) is 11.8 Å². The fourth-order valence-corrected chi connectivity index (χ4v) is 2.60. The number of nitrogens with zero attached hydrogens (tertiary/aromatic N) is 3. The molecule has 0 radical (unpaired) electrons. The number of rotatable bonds is 4. The Morgan fingerprint density at radius 1 is 1.61 bits per heavy atom. The number of aromatic amines is 1. The third-order valence-corrected chi connectivity index (χ3v) is 3.71. The summed E-state index contributed by atoms with van der Waals surface area (Å²) in [6, 6.07) is 2.21. The molecule has 7 nitrogen and oxygen atoms in total. The Morgan fingerprint density at radius 3 is 2.89 bits per heavy atom. The number of nitriles is 1. The van der Waals surface area contributed by atoms with Crippen LogP contribution in [-0.4, -0.2) is 32.4 Å². The van der Waals surface area contributed by atoms with Crippen molar-refractivity contribution >= 4 is 23.6 Å². The fraction of sp³-hybridized carbons (Fsp3) is 0.600. The quantitative estimate of drug-likeness (QED) is 0.680. The maximum absolute atomic E-state index is 11.8. The number of amides is 1. The van der Waals surface area contributed by atoms with E-state index in [2.05, 4.69) is 26.6 Å². The Kier molecular flexibility index (Phi) is 3.72. The average Bonchev–Trinajstić information content (AvgIpc) is 2.97. The first-order valence-corrected chi connectivity index (χ1v) is 6.65. The maximum atomic E-state index is 11.8. The number of carbonyl (C=O) groups excluding carboxylic acids is 1. The molecule has 1 aromatic rings. The van der Waals surface area contributed by atoms with Gasteiger partial charge >= 0.3 is 0 Å².